The number of aryl methyl sites for hydroxylation is 1. The van der Waals surface area contributed by atoms with Gasteiger partial charge >= 0.3 is 0 Å². The van der Waals surface area contributed by atoms with E-state index in [4.69, 9.17) is 5.26 Å². The van der Waals surface area contributed by atoms with Gasteiger partial charge < -0.3 is 5.32 Å². The summed E-state index contributed by atoms with van der Waals surface area (Å²) >= 11 is 0. The highest BCUT2D eigenvalue weighted by atomic mass is 19.1. The van der Waals surface area contributed by atoms with Crippen LogP contribution in [0, 0.1) is 17.1 Å². The van der Waals surface area contributed by atoms with E-state index < -0.39 is 0 Å². The van der Waals surface area contributed by atoms with Crippen LogP contribution in [-0.2, 0) is 19.4 Å². The standard InChI is InChI=1S/C18H17FN2/c19-16-9-8-14(11-20)15(10-16)12-21-18-7-3-5-13-4-1-2-6-17(13)18/h3,5,7-10,21H,1-2,4,6,12H2. The summed E-state index contributed by atoms with van der Waals surface area (Å²) in [5, 5.41) is 12.5. The number of hydrogen-bond donors (Lipinski definition) is 1. The third-order valence-corrected chi connectivity index (χ3v) is 4.05. The predicted molar refractivity (Wildman–Crippen MR) is 81.5 cm³/mol. The minimum Gasteiger partial charge on any atom is -0.381 e. The molecule has 1 N–H and O–H groups in total. The van der Waals surface area contributed by atoms with E-state index in [0.717, 1.165) is 18.5 Å². The molecule has 0 atom stereocenters. The zero-order valence-corrected chi connectivity index (χ0v) is 11.8. The molecule has 21 heavy (non-hydrogen) atoms. The van der Waals surface area contributed by atoms with Crippen molar-refractivity contribution in [2.24, 2.45) is 0 Å². The molecule has 0 saturated heterocycles. The number of benzene rings is 2. The van der Waals surface area contributed by atoms with Gasteiger partial charge in [-0.2, -0.15) is 5.26 Å². The van der Waals surface area contributed by atoms with Gasteiger partial charge in [0.2, 0.25) is 0 Å². The number of fused-ring (bicyclic) bond motifs is 1. The van der Waals surface area contributed by atoms with Gasteiger partial charge in [-0.15, -0.1) is 0 Å². The van der Waals surface area contributed by atoms with E-state index in [0.29, 0.717) is 17.7 Å². The first kappa shape index (κ1) is 13.6. The fourth-order valence-corrected chi connectivity index (χ4v) is 2.96. The van der Waals surface area contributed by atoms with Crippen molar-refractivity contribution in [1.29, 1.82) is 5.26 Å². The molecule has 0 bridgehead atoms. The van der Waals surface area contributed by atoms with E-state index in [1.165, 1.54) is 42.2 Å². The van der Waals surface area contributed by atoms with Crippen LogP contribution in [0.2, 0.25) is 0 Å². The van der Waals surface area contributed by atoms with E-state index in [-0.39, 0.29) is 5.82 Å². The van der Waals surface area contributed by atoms with E-state index in [9.17, 15) is 4.39 Å². The number of anilines is 1. The average Bonchev–Trinajstić information content (AvgIpc) is 2.53. The van der Waals surface area contributed by atoms with Crippen LogP contribution < -0.4 is 5.32 Å². The number of hydrogen-bond acceptors (Lipinski definition) is 2. The van der Waals surface area contributed by atoms with Gasteiger partial charge in [-0.25, -0.2) is 4.39 Å². The topological polar surface area (TPSA) is 35.8 Å². The van der Waals surface area contributed by atoms with Crippen LogP contribution in [0.3, 0.4) is 0 Å². The maximum absolute atomic E-state index is 13.3. The Morgan fingerprint density at radius 2 is 2.00 bits per heavy atom. The summed E-state index contributed by atoms with van der Waals surface area (Å²) in [5.41, 5.74) is 5.12. The Kier molecular flexibility index (Phi) is 3.87. The normalized spacial score (nSPS) is 13.3. The maximum Gasteiger partial charge on any atom is 0.123 e. The highest BCUT2D eigenvalue weighted by Crippen LogP contribution is 2.28. The van der Waals surface area contributed by atoms with E-state index in [1.807, 2.05) is 0 Å². The van der Waals surface area contributed by atoms with Crippen molar-refractivity contribution in [2.75, 3.05) is 5.32 Å². The molecule has 2 nitrogen and oxygen atoms in total. The highest BCUT2D eigenvalue weighted by molar-refractivity contribution is 5.56. The fraction of sp³-hybridized carbons (Fsp3) is 0.278. The number of nitriles is 1. The third-order valence-electron chi connectivity index (χ3n) is 4.05. The van der Waals surface area contributed by atoms with Gasteiger partial charge in [0.05, 0.1) is 11.6 Å². The Balaban J connectivity index is 1.83. The summed E-state index contributed by atoms with van der Waals surface area (Å²) in [5.74, 6) is -0.305. The van der Waals surface area contributed by atoms with Gasteiger partial charge in [0.15, 0.2) is 0 Å². The largest absolute Gasteiger partial charge is 0.381 e. The summed E-state index contributed by atoms with van der Waals surface area (Å²) in [6.45, 7) is 0.469. The Labute approximate surface area is 124 Å². The Morgan fingerprint density at radius 1 is 1.14 bits per heavy atom. The van der Waals surface area contributed by atoms with Crippen molar-refractivity contribution in [3.05, 3.63) is 64.5 Å². The summed E-state index contributed by atoms with van der Waals surface area (Å²) in [6, 6.07) is 12.7. The molecule has 0 aliphatic heterocycles. The zero-order chi connectivity index (χ0) is 14.7. The molecule has 0 amide bonds. The van der Waals surface area contributed by atoms with Crippen LogP contribution in [0.15, 0.2) is 36.4 Å². The molecule has 2 aromatic carbocycles. The Morgan fingerprint density at radius 3 is 2.86 bits per heavy atom. The lowest BCUT2D eigenvalue weighted by Gasteiger charge is -2.20. The quantitative estimate of drug-likeness (QED) is 0.915. The van der Waals surface area contributed by atoms with Gasteiger partial charge in [-0.3, -0.25) is 0 Å². The van der Waals surface area contributed by atoms with Gasteiger partial charge in [-0.05, 0) is 66.6 Å². The van der Waals surface area contributed by atoms with Crippen molar-refractivity contribution in [3.8, 4) is 6.07 Å². The first-order chi connectivity index (χ1) is 10.3. The average molecular weight is 280 g/mol. The molecule has 0 aromatic heterocycles. The molecule has 0 spiro atoms. The molecule has 106 valence electrons. The molecule has 0 radical (unpaired) electrons. The van der Waals surface area contributed by atoms with E-state index in [2.05, 4.69) is 29.6 Å². The van der Waals surface area contributed by atoms with E-state index in [1.54, 1.807) is 0 Å². The molecule has 3 rings (SSSR count). The van der Waals surface area contributed by atoms with Crippen LogP contribution in [0.1, 0.15) is 35.1 Å². The lowest BCUT2D eigenvalue weighted by atomic mass is 9.90. The smallest absolute Gasteiger partial charge is 0.123 e. The second-order valence-corrected chi connectivity index (χ2v) is 5.42. The second kappa shape index (κ2) is 5.97. The SMILES string of the molecule is N#Cc1ccc(F)cc1CNc1cccc2c1CCCC2. The molecule has 0 saturated carbocycles. The molecule has 0 heterocycles. The minimum atomic E-state index is -0.305. The van der Waals surface area contributed by atoms with Crippen molar-refractivity contribution in [1.82, 2.24) is 0 Å². The van der Waals surface area contributed by atoms with Crippen molar-refractivity contribution >= 4 is 5.69 Å². The predicted octanol–water partition coefficient (Wildman–Crippen LogP) is 4.19. The summed E-state index contributed by atoms with van der Waals surface area (Å²) in [4.78, 5) is 0. The molecular weight excluding hydrogens is 263 g/mol. The number of rotatable bonds is 3. The summed E-state index contributed by atoms with van der Waals surface area (Å²) in [6.07, 6.45) is 4.69. The zero-order valence-electron chi connectivity index (χ0n) is 11.8. The maximum atomic E-state index is 13.3. The minimum absolute atomic E-state index is 0.305. The first-order valence-corrected chi connectivity index (χ1v) is 7.31. The molecule has 0 fully saturated rings. The van der Waals surface area contributed by atoms with Crippen molar-refractivity contribution in [3.63, 3.8) is 0 Å². The van der Waals surface area contributed by atoms with Gasteiger partial charge in [0.1, 0.15) is 5.82 Å². The lowest BCUT2D eigenvalue weighted by molar-refractivity contribution is 0.625. The number of halogens is 1. The summed E-state index contributed by atoms with van der Waals surface area (Å²) < 4.78 is 13.3. The highest BCUT2D eigenvalue weighted by Gasteiger charge is 2.13. The molecule has 2 aromatic rings. The molecule has 3 heteroatoms. The number of nitrogens with zero attached hydrogens (tertiary/aromatic N) is 1. The molecule has 1 aliphatic carbocycles. The van der Waals surface area contributed by atoms with Crippen LogP contribution >= 0.6 is 0 Å². The van der Waals surface area contributed by atoms with Gasteiger partial charge in [0, 0.05) is 12.2 Å². The van der Waals surface area contributed by atoms with Crippen LogP contribution in [-0.4, -0.2) is 0 Å². The Bertz CT molecular complexity index is 701. The summed E-state index contributed by atoms with van der Waals surface area (Å²) in [7, 11) is 0. The molecule has 1 aliphatic rings. The lowest BCUT2D eigenvalue weighted by Crippen LogP contribution is -2.09. The van der Waals surface area contributed by atoms with Gasteiger partial charge in [-0.1, -0.05) is 12.1 Å². The van der Waals surface area contributed by atoms with E-state index >= 15 is 0 Å². The third kappa shape index (κ3) is 2.90. The first-order valence-electron chi connectivity index (χ1n) is 7.31. The second-order valence-electron chi connectivity index (χ2n) is 5.42. The van der Waals surface area contributed by atoms with Crippen molar-refractivity contribution in [2.45, 2.75) is 32.2 Å². The fourth-order valence-electron chi connectivity index (χ4n) is 2.96. The molecule has 0 unspecified atom stereocenters. The van der Waals surface area contributed by atoms with Crippen LogP contribution in [0.4, 0.5) is 10.1 Å². The van der Waals surface area contributed by atoms with Crippen LogP contribution in [0.5, 0.6) is 0 Å². The molecular formula is C18H17FN2. The van der Waals surface area contributed by atoms with Gasteiger partial charge in [0.25, 0.3) is 0 Å². The van der Waals surface area contributed by atoms with Crippen LogP contribution in [0.25, 0.3) is 0 Å². The number of nitrogens with one attached hydrogen (secondary N) is 1. The monoisotopic (exact) mass is 280 g/mol. The Hall–Kier alpha value is -2.34. The van der Waals surface area contributed by atoms with Crippen molar-refractivity contribution < 1.29 is 4.39 Å².